The Bertz CT molecular complexity index is 527. The van der Waals surface area contributed by atoms with Gasteiger partial charge in [-0.15, -0.1) is 0 Å². The van der Waals surface area contributed by atoms with Gasteiger partial charge in [-0.1, -0.05) is 0 Å². The molecule has 0 N–H and O–H groups in total. The first-order valence-electron chi connectivity index (χ1n) is 8.42. The molecule has 1 aromatic heterocycles. The van der Waals surface area contributed by atoms with Crippen LogP contribution in [0.15, 0.2) is 16.8 Å². The van der Waals surface area contributed by atoms with Crippen molar-refractivity contribution in [3.63, 3.8) is 0 Å². The minimum atomic E-state index is -0.279. The molecule has 5 heteroatoms. The normalized spacial score (nSPS) is 32.4. The molecule has 22 heavy (non-hydrogen) atoms. The highest BCUT2D eigenvalue weighted by molar-refractivity contribution is 7.07. The molecular weight excluding hydrogens is 296 g/mol. The predicted molar refractivity (Wildman–Crippen MR) is 86.8 cm³/mol. The first-order valence-corrected chi connectivity index (χ1v) is 9.37. The SMILES string of the molecule is O=C(N1CCCC1)[C@@]12CCO[C@@H]1CCN(Cc1ccsc1)C2. The third-order valence-corrected chi connectivity index (χ3v) is 6.23. The van der Waals surface area contributed by atoms with Crippen LogP contribution >= 0.6 is 11.3 Å². The second kappa shape index (κ2) is 5.95. The molecule has 3 fully saturated rings. The molecule has 1 aromatic rings. The number of piperidine rings is 1. The van der Waals surface area contributed by atoms with Crippen molar-refractivity contribution >= 4 is 17.2 Å². The summed E-state index contributed by atoms with van der Waals surface area (Å²) >= 11 is 1.75. The van der Waals surface area contributed by atoms with Gasteiger partial charge in [0.05, 0.1) is 11.5 Å². The molecule has 0 aliphatic carbocycles. The number of rotatable bonds is 3. The molecule has 4 nitrogen and oxygen atoms in total. The molecule has 2 atom stereocenters. The summed E-state index contributed by atoms with van der Waals surface area (Å²) in [5.41, 5.74) is 1.09. The molecule has 120 valence electrons. The molecule has 4 rings (SSSR count). The summed E-state index contributed by atoms with van der Waals surface area (Å²) in [6.07, 6.45) is 4.34. The zero-order valence-corrected chi connectivity index (χ0v) is 13.8. The van der Waals surface area contributed by atoms with Crippen molar-refractivity contribution in [2.75, 3.05) is 32.8 Å². The fourth-order valence-electron chi connectivity index (χ4n) is 4.35. The van der Waals surface area contributed by atoms with Crippen LogP contribution < -0.4 is 0 Å². The van der Waals surface area contributed by atoms with Crippen molar-refractivity contribution in [2.24, 2.45) is 5.41 Å². The van der Waals surface area contributed by atoms with Crippen molar-refractivity contribution in [1.29, 1.82) is 0 Å². The molecule has 0 aromatic carbocycles. The number of nitrogens with zero attached hydrogens (tertiary/aromatic N) is 2. The van der Waals surface area contributed by atoms with E-state index in [1.807, 2.05) is 0 Å². The topological polar surface area (TPSA) is 32.8 Å². The minimum absolute atomic E-state index is 0.138. The van der Waals surface area contributed by atoms with Gasteiger partial charge in [0.25, 0.3) is 0 Å². The first-order chi connectivity index (χ1) is 10.8. The van der Waals surface area contributed by atoms with Gasteiger partial charge >= 0.3 is 0 Å². The summed E-state index contributed by atoms with van der Waals surface area (Å²) in [7, 11) is 0. The smallest absolute Gasteiger partial charge is 0.232 e. The second-order valence-corrected chi connectivity index (χ2v) is 7.68. The fraction of sp³-hybridized carbons (Fsp3) is 0.706. The fourth-order valence-corrected chi connectivity index (χ4v) is 5.01. The van der Waals surface area contributed by atoms with E-state index < -0.39 is 0 Å². The van der Waals surface area contributed by atoms with E-state index in [2.05, 4.69) is 26.6 Å². The summed E-state index contributed by atoms with van der Waals surface area (Å²) in [4.78, 5) is 17.7. The maximum atomic E-state index is 13.2. The number of amides is 1. The quantitative estimate of drug-likeness (QED) is 0.857. The van der Waals surface area contributed by atoms with Crippen LogP contribution in [0, 0.1) is 5.41 Å². The highest BCUT2D eigenvalue weighted by Crippen LogP contribution is 2.43. The number of hydrogen-bond donors (Lipinski definition) is 0. The molecule has 1 amide bonds. The Morgan fingerprint density at radius 3 is 3.00 bits per heavy atom. The largest absolute Gasteiger partial charge is 0.377 e. The number of likely N-dealkylation sites (tertiary alicyclic amines) is 2. The van der Waals surface area contributed by atoms with Crippen molar-refractivity contribution in [3.05, 3.63) is 22.4 Å². The van der Waals surface area contributed by atoms with Crippen LogP contribution in [0.3, 0.4) is 0 Å². The van der Waals surface area contributed by atoms with Crippen LogP contribution in [0.2, 0.25) is 0 Å². The number of carbonyl (C=O) groups excluding carboxylic acids is 1. The third kappa shape index (κ3) is 2.49. The molecule has 0 radical (unpaired) electrons. The van der Waals surface area contributed by atoms with E-state index in [1.165, 1.54) is 5.56 Å². The van der Waals surface area contributed by atoms with Gasteiger partial charge in [0.2, 0.25) is 5.91 Å². The van der Waals surface area contributed by atoms with Crippen molar-refractivity contribution in [1.82, 2.24) is 9.80 Å². The molecule has 0 spiro atoms. The van der Waals surface area contributed by atoms with Gasteiger partial charge in [-0.25, -0.2) is 0 Å². The summed E-state index contributed by atoms with van der Waals surface area (Å²) in [6, 6.07) is 2.19. The maximum absolute atomic E-state index is 13.2. The highest BCUT2D eigenvalue weighted by atomic mass is 32.1. The van der Waals surface area contributed by atoms with Gasteiger partial charge in [-0.2, -0.15) is 11.3 Å². The molecule has 3 aliphatic heterocycles. The van der Waals surface area contributed by atoms with Crippen LogP contribution in [0.1, 0.15) is 31.2 Å². The molecule has 0 unspecified atom stereocenters. The van der Waals surface area contributed by atoms with Crippen LogP contribution in [-0.2, 0) is 16.1 Å². The molecule has 3 saturated heterocycles. The molecule has 0 bridgehead atoms. The standard InChI is InChI=1S/C17H24N2O2S/c20-16(19-6-1-2-7-19)17-5-9-21-15(17)3-8-18(13-17)11-14-4-10-22-12-14/h4,10,12,15H,1-3,5-9,11,13H2/t15-,17-/m1/s1. The van der Waals surface area contributed by atoms with Gasteiger partial charge in [0, 0.05) is 39.3 Å². The molecule has 0 saturated carbocycles. The molecule has 3 aliphatic rings. The van der Waals surface area contributed by atoms with E-state index in [4.69, 9.17) is 4.74 Å². The maximum Gasteiger partial charge on any atom is 0.232 e. The third-order valence-electron chi connectivity index (χ3n) is 5.50. The predicted octanol–water partition coefficient (Wildman–Crippen LogP) is 2.35. The average molecular weight is 320 g/mol. The van der Waals surface area contributed by atoms with Gasteiger partial charge < -0.3 is 9.64 Å². The van der Waals surface area contributed by atoms with Crippen LogP contribution in [0.25, 0.3) is 0 Å². The lowest BCUT2D eigenvalue weighted by Gasteiger charge is -2.44. The first kappa shape index (κ1) is 14.7. The Balaban J connectivity index is 1.53. The van der Waals surface area contributed by atoms with Crippen LogP contribution in [-0.4, -0.2) is 54.6 Å². The summed E-state index contributed by atoms with van der Waals surface area (Å²) < 4.78 is 5.95. The lowest BCUT2D eigenvalue weighted by atomic mass is 9.75. The molecular formula is C17H24N2O2S. The number of ether oxygens (including phenoxy) is 1. The Hall–Kier alpha value is -0.910. The lowest BCUT2D eigenvalue weighted by molar-refractivity contribution is -0.149. The number of thiophene rings is 1. The second-order valence-electron chi connectivity index (χ2n) is 6.90. The van der Waals surface area contributed by atoms with E-state index in [1.54, 1.807) is 11.3 Å². The monoisotopic (exact) mass is 320 g/mol. The summed E-state index contributed by atoms with van der Waals surface area (Å²) in [6.45, 7) is 5.50. The Labute approximate surface area is 136 Å². The molecule has 4 heterocycles. The summed E-state index contributed by atoms with van der Waals surface area (Å²) in [5, 5.41) is 4.35. The zero-order valence-electron chi connectivity index (χ0n) is 13.0. The highest BCUT2D eigenvalue weighted by Gasteiger charge is 2.54. The van der Waals surface area contributed by atoms with E-state index >= 15 is 0 Å². The van der Waals surface area contributed by atoms with Crippen LogP contribution in [0.4, 0.5) is 0 Å². The van der Waals surface area contributed by atoms with E-state index in [9.17, 15) is 4.79 Å². The summed E-state index contributed by atoms with van der Waals surface area (Å²) in [5.74, 6) is 0.363. The van der Waals surface area contributed by atoms with Crippen LogP contribution in [0.5, 0.6) is 0 Å². The zero-order chi connectivity index (χ0) is 15.0. The Morgan fingerprint density at radius 1 is 1.36 bits per heavy atom. The van der Waals surface area contributed by atoms with Crippen molar-refractivity contribution in [3.8, 4) is 0 Å². The minimum Gasteiger partial charge on any atom is -0.377 e. The lowest BCUT2D eigenvalue weighted by Crippen LogP contribution is -2.57. The number of carbonyl (C=O) groups is 1. The van der Waals surface area contributed by atoms with E-state index in [-0.39, 0.29) is 11.5 Å². The van der Waals surface area contributed by atoms with E-state index in [0.29, 0.717) is 5.91 Å². The Morgan fingerprint density at radius 2 is 2.23 bits per heavy atom. The van der Waals surface area contributed by atoms with Crippen molar-refractivity contribution < 1.29 is 9.53 Å². The number of hydrogen-bond acceptors (Lipinski definition) is 4. The van der Waals surface area contributed by atoms with E-state index in [0.717, 1.165) is 65.0 Å². The van der Waals surface area contributed by atoms with Crippen molar-refractivity contribution in [2.45, 2.75) is 38.3 Å². The Kier molecular flexibility index (Phi) is 3.96. The van der Waals surface area contributed by atoms with Gasteiger partial charge in [0.15, 0.2) is 0 Å². The van der Waals surface area contributed by atoms with Gasteiger partial charge in [-0.05, 0) is 48.1 Å². The number of fused-ring (bicyclic) bond motifs is 1. The average Bonchev–Trinajstić information content (AvgIpc) is 3.27. The van der Waals surface area contributed by atoms with Gasteiger partial charge in [0.1, 0.15) is 0 Å². The van der Waals surface area contributed by atoms with Gasteiger partial charge in [-0.3, -0.25) is 9.69 Å².